The van der Waals surface area contributed by atoms with Gasteiger partial charge >= 0.3 is 0 Å². The van der Waals surface area contributed by atoms with Gasteiger partial charge in [-0.2, -0.15) is 0 Å². The van der Waals surface area contributed by atoms with E-state index in [1.807, 2.05) is 31.2 Å². The lowest BCUT2D eigenvalue weighted by atomic mass is 10.1. The first kappa shape index (κ1) is 13.1. The predicted octanol–water partition coefficient (Wildman–Crippen LogP) is 2.03. The lowest BCUT2D eigenvalue weighted by Gasteiger charge is -2.01. The van der Waals surface area contributed by atoms with Crippen molar-refractivity contribution in [3.05, 3.63) is 50.3 Å². The number of nitrogens with zero attached hydrogens (tertiary/aromatic N) is 1. The molecule has 0 aliphatic heterocycles. The fourth-order valence-electron chi connectivity index (χ4n) is 1.98. The molecule has 1 heterocycles. The lowest BCUT2D eigenvalue weighted by molar-refractivity contribution is 0.299. The summed E-state index contributed by atoms with van der Waals surface area (Å²) >= 11 is 3.39. The molecular weight excluding hydrogens is 296 g/mol. The molecule has 2 aromatic rings. The molecule has 1 aromatic heterocycles. The Labute approximate surface area is 113 Å². The summed E-state index contributed by atoms with van der Waals surface area (Å²) < 4.78 is 2.44. The highest BCUT2D eigenvalue weighted by Gasteiger charge is 2.13. The number of aromatic amines is 1. The van der Waals surface area contributed by atoms with E-state index >= 15 is 0 Å². The Morgan fingerprint density at radius 3 is 2.83 bits per heavy atom. The van der Waals surface area contributed by atoms with Crippen molar-refractivity contribution in [3.63, 3.8) is 0 Å². The van der Waals surface area contributed by atoms with Crippen LogP contribution in [0.5, 0.6) is 0 Å². The largest absolute Gasteiger partial charge is 0.396 e. The van der Waals surface area contributed by atoms with Crippen molar-refractivity contribution in [1.82, 2.24) is 9.78 Å². The predicted molar refractivity (Wildman–Crippen MR) is 74.3 cm³/mol. The molecule has 0 unspecified atom stereocenters. The first-order valence-electron chi connectivity index (χ1n) is 5.87. The molecule has 18 heavy (non-hydrogen) atoms. The standard InChI is InChI=1S/C13H15BrN2O2/c1-2-12-11(6-7-17)13(18)16(15-12)10-5-3-4-9(14)8-10/h3-5,8,15,17H,2,6-7H2,1H3. The molecule has 0 saturated carbocycles. The van der Waals surface area contributed by atoms with Gasteiger partial charge in [-0.1, -0.05) is 28.9 Å². The number of hydrogen-bond acceptors (Lipinski definition) is 2. The highest BCUT2D eigenvalue weighted by Crippen LogP contribution is 2.15. The van der Waals surface area contributed by atoms with Crippen LogP contribution in [0.25, 0.3) is 5.69 Å². The van der Waals surface area contributed by atoms with Gasteiger partial charge in [0.05, 0.1) is 5.69 Å². The molecule has 96 valence electrons. The van der Waals surface area contributed by atoms with Crippen LogP contribution in [0.2, 0.25) is 0 Å². The zero-order valence-electron chi connectivity index (χ0n) is 10.1. The molecule has 0 spiro atoms. The summed E-state index contributed by atoms with van der Waals surface area (Å²) in [4.78, 5) is 12.3. The Morgan fingerprint density at radius 1 is 1.44 bits per heavy atom. The molecule has 0 aliphatic rings. The summed E-state index contributed by atoms with van der Waals surface area (Å²) in [7, 11) is 0. The topological polar surface area (TPSA) is 58.0 Å². The van der Waals surface area contributed by atoms with Crippen molar-refractivity contribution in [2.45, 2.75) is 19.8 Å². The maximum Gasteiger partial charge on any atom is 0.274 e. The van der Waals surface area contributed by atoms with Gasteiger partial charge < -0.3 is 5.11 Å². The Balaban J connectivity index is 2.55. The maximum atomic E-state index is 12.3. The van der Waals surface area contributed by atoms with E-state index in [1.54, 1.807) is 0 Å². The van der Waals surface area contributed by atoms with Gasteiger partial charge in [0, 0.05) is 28.8 Å². The molecule has 0 amide bonds. The van der Waals surface area contributed by atoms with Crippen LogP contribution in [0.15, 0.2) is 33.5 Å². The van der Waals surface area contributed by atoms with Gasteiger partial charge in [-0.05, 0) is 24.6 Å². The van der Waals surface area contributed by atoms with Crippen molar-refractivity contribution >= 4 is 15.9 Å². The Bertz CT molecular complexity index is 601. The molecule has 0 fully saturated rings. The van der Waals surface area contributed by atoms with Gasteiger partial charge in [-0.15, -0.1) is 0 Å². The molecule has 2 rings (SSSR count). The van der Waals surface area contributed by atoms with Crippen LogP contribution in [-0.4, -0.2) is 21.5 Å². The lowest BCUT2D eigenvalue weighted by Crippen LogP contribution is -2.18. The van der Waals surface area contributed by atoms with Crippen molar-refractivity contribution < 1.29 is 5.11 Å². The van der Waals surface area contributed by atoms with Gasteiger partial charge in [0.2, 0.25) is 0 Å². The van der Waals surface area contributed by atoms with E-state index in [0.717, 1.165) is 22.3 Å². The van der Waals surface area contributed by atoms with Crippen molar-refractivity contribution in [2.75, 3.05) is 6.61 Å². The normalized spacial score (nSPS) is 10.8. The molecular formula is C13H15BrN2O2. The molecule has 5 heteroatoms. The van der Waals surface area contributed by atoms with Gasteiger partial charge in [-0.25, -0.2) is 4.68 Å². The van der Waals surface area contributed by atoms with E-state index in [4.69, 9.17) is 5.11 Å². The summed E-state index contributed by atoms with van der Waals surface area (Å²) in [6, 6.07) is 7.53. The zero-order valence-corrected chi connectivity index (χ0v) is 11.7. The van der Waals surface area contributed by atoms with E-state index in [-0.39, 0.29) is 12.2 Å². The molecule has 0 atom stereocenters. The summed E-state index contributed by atoms with van der Waals surface area (Å²) in [6.07, 6.45) is 1.13. The number of nitrogens with one attached hydrogen (secondary N) is 1. The van der Waals surface area contributed by atoms with Crippen LogP contribution in [0.3, 0.4) is 0 Å². The van der Waals surface area contributed by atoms with Gasteiger partial charge in [0.1, 0.15) is 0 Å². The molecule has 0 aliphatic carbocycles. The second kappa shape index (κ2) is 5.54. The number of aromatic nitrogens is 2. The first-order chi connectivity index (χ1) is 8.67. The first-order valence-corrected chi connectivity index (χ1v) is 6.66. The smallest absolute Gasteiger partial charge is 0.274 e. The van der Waals surface area contributed by atoms with Crippen LogP contribution < -0.4 is 5.56 Å². The third-order valence-corrected chi connectivity index (χ3v) is 3.35. The fraction of sp³-hybridized carbons (Fsp3) is 0.308. The summed E-state index contributed by atoms with van der Waals surface area (Å²) in [5.74, 6) is 0. The van der Waals surface area contributed by atoms with Gasteiger partial charge in [0.25, 0.3) is 5.56 Å². The van der Waals surface area contributed by atoms with Gasteiger partial charge in [0.15, 0.2) is 0 Å². The zero-order chi connectivity index (χ0) is 13.1. The number of halogens is 1. The molecule has 4 nitrogen and oxygen atoms in total. The molecule has 0 radical (unpaired) electrons. The van der Waals surface area contributed by atoms with Crippen LogP contribution in [0, 0.1) is 0 Å². The summed E-state index contributed by atoms with van der Waals surface area (Å²) in [5.41, 5.74) is 2.25. The third-order valence-electron chi connectivity index (χ3n) is 2.85. The summed E-state index contributed by atoms with van der Waals surface area (Å²) in [5, 5.41) is 12.1. The molecule has 0 saturated heterocycles. The van der Waals surface area contributed by atoms with Crippen molar-refractivity contribution in [3.8, 4) is 5.69 Å². The second-order valence-electron chi connectivity index (χ2n) is 4.02. The van der Waals surface area contributed by atoms with Crippen LogP contribution in [0.1, 0.15) is 18.2 Å². The summed E-state index contributed by atoms with van der Waals surface area (Å²) in [6.45, 7) is 1.97. The van der Waals surface area contributed by atoms with E-state index in [2.05, 4.69) is 21.0 Å². The minimum Gasteiger partial charge on any atom is -0.396 e. The number of benzene rings is 1. The average molecular weight is 311 g/mol. The number of hydrogen-bond donors (Lipinski definition) is 2. The third kappa shape index (κ3) is 2.42. The Kier molecular flexibility index (Phi) is 4.04. The number of aliphatic hydroxyl groups excluding tert-OH is 1. The quantitative estimate of drug-likeness (QED) is 0.908. The highest BCUT2D eigenvalue weighted by atomic mass is 79.9. The fourth-order valence-corrected chi connectivity index (χ4v) is 2.36. The van der Waals surface area contributed by atoms with E-state index < -0.39 is 0 Å². The average Bonchev–Trinajstić information content (AvgIpc) is 2.67. The van der Waals surface area contributed by atoms with Crippen LogP contribution >= 0.6 is 15.9 Å². The number of aryl methyl sites for hydroxylation is 1. The van der Waals surface area contributed by atoms with Crippen molar-refractivity contribution in [2.24, 2.45) is 0 Å². The molecule has 1 aromatic carbocycles. The highest BCUT2D eigenvalue weighted by molar-refractivity contribution is 9.10. The van der Waals surface area contributed by atoms with Crippen LogP contribution in [0.4, 0.5) is 0 Å². The van der Waals surface area contributed by atoms with Crippen LogP contribution in [-0.2, 0) is 12.8 Å². The number of H-pyrrole nitrogens is 1. The number of aliphatic hydroxyl groups is 1. The molecule has 2 N–H and O–H groups in total. The Hall–Kier alpha value is -1.33. The minimum atomic E-state index is -0.0843. The SMILES string of the molecule is CCc1[nH]n(-c2cccc(Br)c2)c(=O)c1CCO. The van der Waals surface area contributed by atoms with E-state index in [0.29, 0.717) is 12.0 Å². The maximum absolute atomic E-state index is 12.3. The Morgan fingerprint density at radius 2 is 2.22 bits per heavy atom. The minimum absolute atomic E-state index is 0.0153. The second-order valence-corrected chi connectivity index (χ2v) is 4.93. The monoisotopic (exact) mass is 310 g/mol. The molecule has 0 bridgehead atoms. The van der Waals surface area contributed by atoms with Gasteiger partial charge in [-0.3, -0.25) is 9.89 Å². The number of rotatable bonds is 4. The van der Waals surface area contributed by atoms with Crippen molar-refractivity contribution in [1.29, 1.82) is 0 Å². The van der Waals surface area contributed by atoms with E-state index in [1.165, 1.54) is 4.68 Å². The van der Waals surface area contributed by atoms with E-state index in [9.17, 15) is 4.79 Å².